The fourth-order valence-corrected chi connectivity index (χ4v) is 4.06. The van der Waals surface area contributed by atoms with Crippen LogP contribution >= 0.6 is 11.3 Å². The van der Waals surface area contributed by atoms with Gasteiger partial charge in [0.05, 0.1) is 16.9 Å². The van der Waals surface area contributed by atoms with Crippen molar-refractivity contribution in [2.45, 2.75) is 6.92 Å². The van der Waals surface area contributed by atoms with Gasteiger partial charge in [-0.05, 0) is 31.2 Å². The summed E-state index contributed by atoms with van der Waals surface area (Å²) in [4.78, 5) is 22.3. The fraction of sp³-hybridized carbons (Fsp3) is 0.0400. The van der Waals surface area contributed by atoms with Crippen LogP contribution in [-0.2, 0) is 0 Å². The molecule has 2 aromatic carbocycles. The number of anilines is 1. The van der Waals surface area contributed by atoms with Crippen molar-refractivity contribution in [3.8, 4) is 28.3 Å². The molecule has 0 fully saturated rings. The molecule has 0 radical (unpaired) electrons. The summed E-state index contributed by atoms with van der Waals surface area (Å²) in [5.74, 6) is -0.260. The van der Waals surface area contributed by atoms with Gasteiger partial charge in [0.2, 0.25) is 0 Å². The zero-order valence-corrected chi connectivity index (χ0v) is 18.1. The molecule has 0 bridgehead atoms. The standard InChI is InChI=1S/C25H19N5OS/c1-17-9-8-14-21(26-17)22-16-32-25(27-22)28-24(31)20-15-30(19-12-6-3-7-13-19)29-23(20)18-10-4-2-5-11-18/h2-16H,1H3,(H,27,28,31). The van der Waals surface area contributed by atoms with Crippen LogP contribution in [0.3, 0.4) is 0 Å². The van der Waals surface area contributed by atoms with Crippen LogP contribution < -0.4 is 5.32 Å². The number of benzene rings is 2. The van der Waals surface area contributed by atoms with Crippen molar-refractivity contribution >= 4 is 22.4 Å². The van der Waals surface area contributed by atoms with E-state index in [2.05, 4.69) is 15.3 Å². The minimum absolute atomic E-state index is 0.260. The maximum atomic E-state index is 13.2. The van der Waals surface area contributed by atoms with Gasteiger partial charge in [0, 0.05) is 22.8 Å². The first kappa shape index (κ1) is 19.8. The first-order valence-electron chi connectivity index (χ1n) is 10.1. The molecule has 0 saturated carbocycles. The van der Waals surface area contributed by atoms with Gasteiger partial charge in [-0.15, -0.1) is 11.3 Å². The molecule has 0 unspecified atom stereocenters. The molecular formula is C25H19N5OS. The van der Waals surface area contributed by atoms with Gasteiger partial charge < -0.3 is 0 Å². The number of thiazole rings is 1. The van der Waals surface area contributed by atoms with Crippen molar-refractivity contribution in [1.29, 1.82) is 0 Å². The average molecular weight is 438 g/mol. The molecule has 0 atom stereocenters. The minimum Gasteiger partial charge on any atom is -0.298 e. The van der Waals surface area contributed by atoms with E-state index in [1.165, 1.54) is 11.3 Å². The topological polar surface area (TPSA) is 72.7 Å². The van der Waals surface area contributed by atoms with Crippen LogP contribution in [0.1, 0.15) is 16.1 Å². The average Bonchev–Trinajstić information content (AvgIpc) is 3.48. The fourth-order valence-electron chi connectivity index (χ4n) is 3.36. The van der Waals surface area contributed by atoms with E-state index >= 15 is 0 Å². The number of nitrogens with one attached hydrogen (secondary N) is 1. The maximum Gasteiger partial charge on any atom is 0.261 e. The van der Waals surface area contributed by atoms with Gasteiger partial charge in [-0.25, -0.2) is 9.67 Å². The van der Waals surface area contributed by atoms with Crippen LogP contribution in [-0.4, -0.2) is 25.7 Å². The second kappa shape index (κ2) is 8.56. The predicted molar refractivity (Wildman–Crippen MR) is 127 cm³/mol. The van der Waals surface area contributed by atoms with Gasteiger partial charge in [0.25, 0.3) is 5.91 Å². The molecule has 3 heterocycles. The molecule has 156 valence electrons. The Kier molecular flexibility index (Phi) is 5.31. The molecule has 0 spiro atoms. The number of hydrogen-bond acceptors (Lipinski definition) is 5. The van der Waals surface area contributed by atoms with Gasteiger partial charge in [-0.3, -0.25) is 15.1 Å². The Morgan fingerprint density at radius 2 is 1.62 bits per heavy atom. The summed E-state index contributed by atoms with van der Waals surface area (Å²) >= 11 is 1.37. The lowest BCUT2D eigenvalue weighted by molar-refractivity contribution is 0.102. The van der Waals surface area contributed by atoms with Crippen LogP contribution in [0.4, 0.5) is 5.13 Å². The minimum atomic E-state index is -0.260. The maximum absolute atomic E-state index is 13.2. The third kappa shape index (κ3) is 4.06. The summed E-state index contributed by atoms with van der Waals surface area (Å²) in [5.41, 5.74) is 5.28. The lowest BCUT2D eigenvalue weighted by Crippen LogP contribution is -2.12. The number of carbonyl (C=O) groups excluding carboxylic acids is 1. The number of pyridine rings is 1. The van der Waals surface area contributed by atoms with E-state index in [1.807, 2.05) is 91.2 Å². The molecule has 5 rings (SSSR count). The zero-order valence-electron chi connectivity index (χ0n) is 17.3. The second-order valence-corrected chi connectivity index (χ2v) is 8.05. The molecule has 0 aliphatic rings. The Balaban J connectivity index is 1.47. The number of nitrogens with zero attached hydrogens (tertiary/aromatic N) is 4. The van der Waals surface area contributed by atoms with E-state index in [0.29, 0.717) is 16.4 Å². The van der Waals surface area contributed by atoms with Gasteiger partial charge in [0.1, 0.15) is 11.4 Å². The first-order valence-corrected chi connectivity index (χ1v) is 11.0. The number of rotatable bonds is 5. The summed E-state index contributed by atoms with van der Waals surface area (Å²) in [6.07, 6.45) is 1.75. The Labute approximate surface area is 189 Å². The number of para-hydroxylation sites is 1. The summed E-state index contributed by atoms with van der Waals surface area (Å²) < 4.78 is 1.72. The van der Waals surface area contributed by atoms with Crippen molar-refractivity contribution in [2.24, 2.45) is 0 Å². The van der Waals surface area contributed by atoms with Gasteiger partial charge in [-0.2, -0.15) is 5.10 Å². The Morgan fingerprint density at radius 3 is 2.38 bits per heavy atom. The predicted octanol–water partition coefficient (Wildman–Crippen LogP) is 5.62. The van der Waals surface area contributed by atoms with Crippen molar-refractivity contribution < 1.29 is 4.79 Å². The molecule has 6 nitrogen and oxygen atoms in total. The largest absolute Gasteiger partial charge is 0.298 e. The molecular weight excluding hydrogens is 418 g/mol. The molecule has 0 aliphatic carbocycles. The molecule has 5 aromatic rings. The highest BCUT2D eigenvalue weighted by Gasteiger charge is 2.20. The van der Waals surface area contributed by atoms with E-state index in [1.54, 1.807) is 10.9 Å². The molecule has 3 aromatic heterocycles. The van der Waals surface area contributed by atoms with Gasteiger partial charge >= 0.3 is 0 Å². The third-order valence-corrected chi connectivity index (χ3v) is 5.66. The summed E-state index contributed by atoms with van der Waals surface area (Å²) in [5, 5.41) is 10.0. The molecule has 7 heteroatoms. The molecule has 32 heavy (non-hydrogen) atoms. The number of aryl methyl sites for hydroxylation is 1. The van der Waals surface area contributed by atoms with Crippen molar-refractivity contribution in [2.75, 3.05) is 5.32 Å². The van der Waals surface area contributed by atoms with E-state index in [-0.39, 0.29) is 5.91 Å². The Hall–Kier alpha value is -4.10. The normalized spacial score (nSPS) is 10.8. The lowest BCUT2D eigenvalue weighted by Gasteiger charge is -2.02. The number of aromatic nitrogens is 4. The van der Waals surface area contributed by atoms with Crippen LogP contribution in [0.5, 0.6) is 0 Å². The van der Waals surface area contributed by atoms with Crippen LogP contribution in [0, 0.1) is 6.92 Å². The van der Waals surface area contributed by atoms with Gasteiger partial charge in [-0.1, -0.05) is 54.6 Å². The summed E-state index contributed by atoms with van der Waals surface area (Å²) in [7, 11) is 0. The highest BCUT2D eigenvalue weighted by molar-refractivity contribution is 7.14. The SMILES string of the molecule is Cc1cccc(-c2csc(NC(=O)c3cn(-c4ccccc4)nc3-c3ccccc3)n2)n1. The highest BCUT2D eigenvalue weighted by Crippen LogP contribution is 2.27. The summed E-state index contributed by atoms with van der Waals surface area (Å²) in [6, 6.07) is 25.2. The lowest BCUT2D eigenvalue weighted by atomic mass is 10.1. The Morgan fingerprint density at radius 1 is 0.875 bits per heavy atom. The zero-order chi connectivity index (χ0) is 21.9. The molecule has 0 aliphatic heterocycles. The molecule has 0 saturated heterocycles. The third-order valence-electron chi connectivity index (χ3n) is 4.90. The number of amides is 1. The highest BCUT2D eigenvalue weighted by atomic mass is 32.1. The van der Waals surface area contributed by atoms with Crippen LogP contribution in [0.15, 0.2) is 90.4 Å². The van der Waals surface area contributed by atoms with E-state index in [9.17, 15) is 4.79 Å². The number of carbonyl (C=O) groups is 1. The number of hydrogen-bond donors (Lipinski definition) is 1. The van der Waals surface area contributed by atoms with Crippen LogP contribution in [0.25, 0.3) is 28.3 Å². The van der Waals surface area contributed by atoms with E-state index in [0.717, 1.165) is 28.3 Å². The van der Waals surface area contributed by atoms with Crippen LogP contribution in [0.2, 0.25) is 0 Å². The summed E-state index contributed by atoms with van der Waals surface area (Å²) in [6.45, 7) is 1.94. The van der Waals surface area contributed by atoms with Gasteiger partial charge in [0.15, 0.2) is 5.13 Å². The Bertz CT molecular complexity index is 1380. The molecule has 1 amide bonds. The second-order valence-electron chi connectivity index (χ2n) is 7.19. The van der Waals surface area contributed by atoms with Crippen molar-refractivity contribution in [3.05, 3.63) is 102 Å². The van der Waals surface area contributed by atoms with Crippen molar-refractivity contribution in [1.82, 2.24) is 19.7 Å². The smallest absolute Gasteiger partial charge is 0.261 e. The van der Waals surface area contributed by atoms with Crippen molar-refractivity contribution in [3.63, 3.8) is 0 Å². The first-order chi connectivity index (χ1) is 15.7. The monoisotopic (exact) mass is 437 g/mol. The van der Waals surface area contributed by atoms with E-state index in [4.69, 9.17) is 5.10 Å². The molecule has 1 N–H and O–H groups in total. The quantitative estimate of drug-likeness (QED) is 0.387. The van der Waals surface area contributed by atoms with E-state index < -0.39 is 0 Å².